The van der Waals surface area contributed by atoms with Gasteiger partial charge in [0.2, 0.25) is 0 Å². The van der Waals surface area contributed by atoms with Crippen LogP contribution in [0.3, 0.4) is 0 Å². The summed E-state index contributed by atoms with van der Waals surface area (Å²) in [5.41, 5.74) is 0.909. The molecule has 0 aliphatic heterocycles. The molecule has 0 unspecified atom stereocenters. The minimum atomic E-state index is 0.721. The van der Waals surface area contributed by atoms with Crippen LogP contribution in [0.2, 0.25) is 0 Å². The molecule has 1 heterocycles. The Labute approximate surface area is 113 Å². The highest BCUT2D eigenvalue weighted by atomic mass is 16.5. The summed E-state index contributed by atoms with van der Waals surface area (Å²) < 4.78 is 7.59. The maximum absolute atomic E-state index is 5.82. The lowest BCUT2D eigenvalue weighted by Gasteiger charge is -2.11. The molecule has 19 heavy (non-hydrogen) atoms. The van der Waals surface area contributed by atoms with Crippen LogP contribution in [0.15, 0.2) is 24.3 Å². The second-order valence-electron chi connectivity index (χ2n) is 4.43. The largest absolute Gasteiger partial charge is 0.491 e. The number of hydrogen-bond acceptors (Lipinski definition) is 4. The van der Waals surface area contributed by atoms with E-state index in [9.17, 15) is 0 Å². The van der Waals surface area contributed by atoms with Gasteiger partial charge in [-0.15, -0.1) is 5.10 Å². The van der Waals surface area contributed by atoms with Crippen molar-refractivity contribution in [2.75, 3.05) is 6.61 Å². The van der Waals surface area contributed by atoms with Gasteiger partial charge in [-0.3, -0.25) is 0 Å². The third-order valence-corrected chi connectivity index (χ3v) is 2.86. The molecular formula is C14H20N4O. The molecule has 0 radical (unpaired) electrons. The summed E-state index contributed by atoms with van der Waals surface area (Å²) in [5, 5.41) is 11.9. The van der Waals surface area contributed by atoms with Crippen LogP contribution in [0.25, 0.3) is 5.69 Å². The van der Waals surface area contributed by atoms with Crippen molar-refractivity contribution in [2.24, 2.45) is 0 Å². The highest BCUT2D eigenvalue weighted by Gasteiger charge is 2.11. The van der Waals surface area contributed by atoms with Gasteiger partial charge in [-0.2, -0.15) is 4.68 Å². The zero-order chi connectivity index (χ0) is 13.5. The van der Waals surface area contributed by atoms with Crippen molar-refractivity contribution in [3.8, 4) is 11.4 Å². The van der Waals surface area contributed by atoms with Crippen molar-refractivity contribution in [3.63, 3.8) is 0 Å². The standard InChI is InChI=1S/C14H20N4O/c1-3-5-11-19-13-10-7-6-9-12(13)18-14(8-4-2)15-16-17-18/h6-7,9-10H,3-5,8,11H2,1-2H3. The molecular weight excluding hydrogens is 240 g/mol. The summed E-state index contributed by atoms with van der Waals surface area (Å²) in [5.74, 6) is 1.70. The molecule has 0 N–H and O–H groups in total. The molecule has 102 valence electrons. The molecule has 0 bridgehead atoms. The molecule has 2 aromatic rings. The lowest BCUT2D eigenvalue weighted by Crippen LogP contribution is -2.06. The molecule has 2 rings (SSSR count). The smallest absolute Gasteiger partial charge is 0.156 e. The van der Waals surface area contributed by atoms with Crippen molar-refractivity contribution >= 4 is 0 Å². The first-order valence-electron chi connectivity index (χ1n) is 6.86. The van der Waals surface area contributed by atoms with Gasteiger partial charge >= 0.3 is 0 Å². The zero-order valence-corrected chi connectivity index (χ0v) is 11.5. The fraction of sp³-hybridized carbons (Fsp3) is 0.500. The third kappa shape index (κ3) is 3.30. The molecule has 1 aromatic carbocycles. The second kappa shape index (κ2) is 6.87. The van der Waals surface area contributed by atoms with Gasteiger partial charge in [0.05, 0.1) is 6.61 Å². The number of para-hydroxylation sites is 2. The van der Waals surface area contributed by atoms with E-state index in [0.717, 1.165) is 49.6 Å². The predicted molar refractivity (Wildman–Crippen MR) is 73.6 cm³/mol. The molecule has 5 heteroatoms. The summed E-state index contributed by atoms with van der Waals surface area (Å²) in [7, 11) is 0. The number of unbranched alkanes of at least 4 members (excludes halogenated alkanes) is 1. The Morgan fingerprint density at radius 3 is 2.79 bits per heavy atom. The highest BCUT2D eigenvalue weighted by molar-refractivity contribution is 5.46. The molecule has 0 amide bonds. The molecule has 0 aliphatic rings. The average molecular weight is 260 g/mol. The number of rotatable bonds is 7. The Bertz CT molecular complexity index is 510. The number of benzene rings is 1. The quantitative estimate of drug-likeness (QED) is 0.718. The minimum Gasteiger partial charge on any atom is -0.491 e. The number of nitrogens with zero attached hydrogens (tertiary/aromatic N) is 4. The van der Waals surface area contributed by atoms with Crippen molar-refractivity contribution in [2.45, 2.75) is 39.5 Å². The van der Waals surface area contributed by atoms with E-state index < -0.39 is 0 Å². The first kappa shape index (κ1) is 13.5. The zero-order valence-electron chi connectivity index (χ0n) is 11.5. The van der Waals surface area contributed by atoms with E-state index in [1.165, 1.54) is 0 Å². The highest BCUT2D eigenvalue weighted by Crippen LogP contribution is 2.23. The third-order valence-electron chi connectivity index (χ3n) is 2.86. The molecule has 0 aliphatic carbocycles. The summed E-state index contributed by atoms with van der Waals surface area (Å²) in [6, 6.07) is 7.88. The van der Waals surface area contributed by atoms with Crippen molar-refractivity contribution in [1.82, 2.24) is 20.2 Å². The summed E-state index contributed by atoms with van der Waals surface area (Å²) in [6.07, 6.45) is 4.04. The Kier molecular flexibility index (Phi) is 4.89. The summed E-state index contributed by atoms with van der Waals surface area (Å²) in [6.45, 7) is 4.98. The summed E-state index contributed by atoms with van der Waals surface area (Å²) in [4.78, 5) is 0. The molecule has 0 saturated carbocycles. The van der Waals surface area contributed by atoms with Gasteiger partial charge in [0.1, 0.15) is 11.4 Å². The van der Waals surface area contributed by atoms with E-state index in [0.29, 0.717) is 0 Å². The fourth-order valence-electron chi connectivity index (χ4n) is 1.85. The topological polar surface area (TPSA) is 52.8 Å². The predicted octanol–water partition coefficient (Wildman–Crippen LogP) is 2.79. The van der Waals surface area contributed by atoms with E-state index in [-0.39, 0.29) is 0 Å². The Balaban J connectivity index is 2.25. The average Bonchev–Trinajstić information content (AvgIpc) is 2.88. The van der Waals surface area contributed by atoms with Crippen LogP contribution < -0.4 is 4.74 Å². The molecule has 0 atom stereocenters. The van der Waals surface area contributed by atoms with Gasteiger partial charge in [-0.25, -0.2) is 0 Å². The fourth-order valence-corrected chi connectivity index (χ4v) is 1.85. The van der Waals surface area contributed by atoms with Gasteiger partial charge in [0.25, 0.3) is 0 Å². The van der Waals surface area contributed by atoms with Crippen molar-refractivity contribution in [3.05, 3.63) is 30.1 Å². The van der Waals surface area contributed by atoms with E-state index >= 15 is 0 Å². The Morgan fingerprint density at radius 1 is 1.16 bits per heavy atom. The van der Waals surface area contributed by atoms with Crippen LogP contribution in [-0.4, -0.2) is 26.8 Å². The van der Waals surface area contributed by atoms with Crippen LogP contribution >= 0.6 is 0 Å². The summed E-state index contributed by atoms with van der Waals surface area (Å²) >= 11 is 0. The minimum absolute atomic E-state index is 0.721. The Hall–Kier alpha value is -1.91. The van der Waals surface area contributed by atoms with E-state index in [1.54, 1.807) is 4.68 Å². The number of aromatic nitrogens is 4. The molecule has 5 nitrogen and oxygen atoms in total. The van der Waals surface area contributed by atoms with E-state index in [4.69, 9.17) is 4.74 Å². The van der Waals surface area contributed by atoms with Crippen molar-refractivity contribution < 1.29 is 4.74 Å². The molecule has 0 fully saturated rings. The number of ether oxygens (including phenoxy) is 1. The van der Waals surface area contributed by atoms with Gasteiger partial charge in [-0.05, 0) is 35.4 Å². The van der Waals surface area contributed by atoms with Crippen molar-refractivity contribution in [1.29, 1.82) is 0 Å². The first-order valence-corrected chi connectivity index (χ1v) is 6.86. The molecule has 0 spiro atoms. The number of tetrazole rings is 1. The van der Waals surface area contributed by atoms with Crippen LogP contribution in [0.5, 0.6) is 5.75 Å². The lowest BCUT2D eigenvalue weighted by atomic mass is 10.2. The van der Waals surface area contributed by atoms with E-state index in [2.05, 4.69) is 29.4 Å². The maximum Gasteiger partial charge on any atom is 0.156 e. The normalized spacial score (nSPS) is 10.6. The van der Waals surface area contributed by atoms with Gasteiger partial charge in [0.15, 0.2) is 5.82 Å². The maximum atomic E-state index is 5.82. The molecule has 1 aromatic heterocycles. The molecule has 0 saturated heterocycles. The van der Waals surface area contributed by atoms with Gasteiger partial charge < -0.3 is 4.74 Å². The number of hydrogen-bond donors (Lipinski definition) is 0. The monoisotopic (exact) mass is 260 g/mol. The van der Waals surface area contributed by atoms with Gasteiger partial charge in [0, 0.05) is 6.42 Å². The van der Waals surface area contributed by atoms with Crippen LogP contribution in [0, 0.1) is 0 Å². The first-order chi connectivity index (χ1) is 9.36. The van der Waals surface area contributed by atoms with E-state index in [1.807, 2.05) is 24.3 Å². The number of aryl methyl sites for hydroxylation is 1. The van der Waals surface area contributed by atoms with Crippen LogP contribution in [0.4, 0.5) is 0 Å². The van der Waals surface area contributed by atoms with Gasteiger partial charge in [-0.1, -0.05) is 32.4 Å². The Morgan fingerprint density at radius 2 is 2.00 bits per heavy atom. The van der Waals surface area contributed by atoms with Crippen LogP contribution in [-0.2, 0) is 6.42 Å². The lowest BCUT2D eigenvalue weighted by molar-refractivity contribution is 0.307. The second-order valence-corrected chi connectivity index (χ2v) is 4.43. The van der Waals surface area contributed by atoms with Crippen LogP contribution in [0.1, 0.15) is 38.9 Å². The SMILES string of the molecule is CCCCOc1ccccc1-n1nnnc1CCC.